The second-order valence-electron chi connectivity index (χ2n) is 13.9. The molecule has 20 atom stereocenters. The Labute approximate surface area is 358 Å². The molecule has 4 heterocycles. The van der Waals surface area contributed by atoms with Gasteiger partial charge in [0.05, 0.1) is 32.5 Å². The summed E-state index contributed by atoms with van der Waals surface area (Å²) in [7, 11) is -5.38. The molecule has 4 fully saturated rings. The molecule has 4 rings (SSSR count). The van der Waals surface area contributed by atoms with E-state index in [0.717, 1.165) is 20.8 Å². The molecule has 59 heavy (non-hydrogen) atoms. The van der Waals surface area contributed by atoms with Crippen LogP contribution < -0.4 is 51.2 Å². The molecule has 0 radical (unpaired) electrons. The first kappa shape index (κ1) is 51.9. The predicted molar refractivity (Wildman–Crippen MR) is 179 cm³/mol. The van der Waals surface area contributed by atoms with E-state index in [9.17, 15) is 73.3 Å². The smallest absolute Gasteiger partial charge is 0.726 e. The number of carbonyl (C=O) groups excluding carboxylic acids is 3. The summed E-state index contributed by atoms with van der Waals surface area (Å²) in [6, 6.07) is -6.44. The molecule has 4 aliphatic heterocycles. The van der Waals surface area contributed by atoms with Crippen LogP contribution in [0.2, 0.25) is 0 Å². The minimum Gasteiger partial charge on any atom is -0.726 e. The number of carbonyl (C=O) groups is 3. The fraction of sp³-hybridized carbons (Fsp3) is 0.900. The van der Waals surface area contributed by atoms with Crippen molar-refractivity contribution in [1.29, 1.82) is 0 Å². The SMILES string of the molecule is CC(=O)NC1C(O)[C@H](O[C@@H]2OC(CO)[C@@H](O)[C@H](O)C2N)[C@H](CO)O[C@H]1O[C@@H]1C(CO)O[C@@H](O[C@H]2C(O)C(NC(C)=O)[C@H](O)O[C@H]2COS(=O)(=O)[O-])C(NC(C)=O)[C@H]1O.[Na+]. The number of nitrogens with two attached hydrogens (primary N) is 1. The largest absolute Gasteiger partial charge is 1.00 e. The van der Waals surface area contributed by atoms with Crippen molar-refractivity contribution in [2.45, 2.75) is 143 Å². The number of rotatable bonds is 15. The van der Waals surface area contributed by atoms with E-state index in [1.807, 2.05) is 0 Å². The van der Waals surface area contributed by atoms with Gasteiger partial charge in [-0.3, -0.25) is 18.6 Å². The Morgan fingerprint density at radius 2 is 0.966 bits per heavy atom. The van der Waals surface area contributed by atoms with E-state index in [2.05, 4.69) is 20.1 Å². The van der Waals surface area contributed by atoms with Gasteiger partial charge >= 0.3 is 29.6 Å². The molecule has 27 nitrogen and oxygen atoms in total. The maximum atomic E-state index is 12.4. The maximum absolute atomic E-state index is 12.4. The molecule has 0 bridgehead atoms. The summed E-state index contributed by atoms with van der Waals surface area (Å²) in [4.78, 5) is 36.5. The zero-order valence-electron chi connectivity index (χ0n) is 32.1. The minimum atomic E-state index is -5.38. The van der Waals surface area contributed by atoms with Gasteiger partial charge in [0, 0.05) is 20.8 Å². The van der Waals surface area contributed by atoms with Gasteiger partial charge in [-0.05, 0) is 0 Å². The van der Waals surface area contributed by atoms with Crippen LogP contribution in [0.3, 0.4) is 0 Å². The van der Waals surface area contributed by atoms with E-state index in [4.69, 9.17) is 38.9 Å². The monoisotopic (exact) mass is 890 g/mol. The molecule has 0 spiro atoms. The molecule has 336 valence electrons. The van der Waals surface area contributed by atoms with Crippen molar-refractivity contribution in [2.75, 3.05) is 26.4 Å². The molecule has 0 aromatic heterocycles. The summed E-state index contributed by atoms with van der Waals surface area (Å²) in [5.74, 6) is -2.36. The van der Waals surface area contributed by atoms with Crippen LogP contribution in [0, 0.1) is 0 Å². The fourth-order valence-corrected chi connectivity index (χ4v) is 7.25. The quantitative estimate of drug-likeness (QED) is 0.0412. The summed E-state index contributed by atoms with van der Waals surface area (Å²) in [5.41, 5.74) is 5.97. The molecular formula is C30H51N4NaO23S. The van der Waals surface area contributed by atoms with E-state index in [1.54, 1.807) is 0 Å². The third-order valence-corrected chi connectivity index (χ3v) is 10.1. The summed E-state index contributed by atoms with van der Waals surface area (Å²) in [5, 5.41) is 103. The Kier molecular flexibility index (Phi) is 19.6. The zero-order valence-corrected chi connectivity index (χ0v) is 34.9. The number of amides is 3. The van der Waals surface area contributed by atoms with Gasteiger partial charge in [-0.1, -0.05) is 0 Å². The molecule has 4 saturated heterocycles. The predicted octanol–water partition coefficient (Wildman–Crippen LogP) is -12.9. The van der Waals surface area contributed by atoms with E-state index in [-0.39, 0.29) is 29.6 Å². The van der Waals surface area contributed by atoms with Crippen molar-refractivity contribution in [3.05, 3.63) is 0 Å². The van der Waals surface area contributed by atoms with Crippen molar-refractivity contribution in [3.8, 4) is 0 Å². The molecule has 0 saturated carbocycles. The van der Waals surface area contributed by atoms with Crippen molar-refractivity contribution in [2.24, 2.45) is 5.73 Å². The summed E-state index contributed by atoms with van der Waals surface area (Å²) < 4.78 is 78.1. The van der Waals surface area contributed by atoms with Gasteiger partial charge in [0.2, 0.25) is 28.1 Å². The van der Waals surface area contributed by atoms with Gasteiger partial charge in [-0.2, -0.15) is 0 Å². The molecule has 8 unspecified atom stereocenters. The summed E-state index contributed by atoms with van der Waals surface area (Å²) in [6.07, 6.45) is -28.2. The average molecular weight is 891 g/mol. The third-order valence-electron chi connectivity index (χ3n) is 9.69. The average Bonchev–Trinajstić information content (AvgIpc) is 3.14. The van der Waals surface area contributed by atoms with E-state index >= 15 is 0 Å². The molecule has 0 aliphatic carbocycles. The Balaban J connectivity index is 0.00000930. The maximum Gasteiger partial charge on any atom is 1.00 e. The molecule has 3 amide bonds. The normalized spacial score (nSPS) is 42.9. The van der Waals surface area contributed by atoms with Gasteiger partial charge in [-0.25, -0.2) is 8.42 Å². The van der Waals surface area contributed by atoms with Crippen LogP contribution in [0.1, 0.15) is 20.8 Å². The molecule has 14 N–H and O–H groups in total. The summed E-state index contributed by atoms with van der Waals surface area (Å²) in [6.45, 7) is -0.755. The first-order valence-corrected chi connectivity index (χ1v) is 19.1. The van der Waals surface area contributed by atoms with Gasteiger partial charge in [0.1, 0.15) is 91.4 Å². The van der Waals surface area contributed by atoms with Crippen molar-refractivity contribution >= 4 is 28.1 Å². The van der Waals surface area contributed by atoms with Crippen LogP contribution in [0.4, 0.5) is 0 Å². The molecule has 29 heteroatoms. The van der Waals surface area contributed by atoms with E-state index in [1.165, 1.54) is 0 Å². The topological polar surface area (TPSA) is 426 Å². The van der Waals surface area contributed by atoms with Crippen LogP contribution in [0.5, 0.6) is 0 Å². The summed E-state index contributed by atoms with van der Waals surface area (Å²) >= 11 is 0. The first-order chi connectivity index (χ1) is 27.1. The van der Waals surface area contributed by atoms with Crippen molar-refractivity contribution in [3.63, 3.8) is 0 Å². The Bertz CT molecular complexity index is 1510. The molecule has 0 aromatic carbocycles. The van der Waals surface area contributed by atoms with Crippen LogP contribution >= 0.6 is 0 Å². The number of hydrogen-bond donors (Lipinski definition) is 13. The molecule has 4 aliphatic rings. The number of aliphatic hydroxyl groups excluding tert-OH is 9. The van der Waals surface area contributed by atoms with Gasteiger partial charge < -0.3 is 105 Å². The Morgan fingerprint density at radius 1 is 0.593 bits per heavy atom. The fourth-order valence-electron chi connectivity index (χ4n) is 6.95. The van der Waals surface area contributed by atoms with Crippen LogP contribution in [-0.2, 0) is 62.1 Å². The zero-order chi connectivity index (χ0) is 43.4. The standard InChI is InChI=1S/C30H52N4O23S.Na/c1-8(38)32-16-21(43)26(14(51-27(16)46)7-50-58(47,48)49)57-30-18(34-10(3)40)23(45)25(13(6-37)54-30)56-29-17(33-9(2)39)22(44)24(12(5-36)53-29)55-28-15(31)20(42)19(41)11(4-35)52-28;/h11-30,35-37,41-46H,4-7,31H2,1-3H3,(H,32,38)(H,33,39)(H,34,40)(H,47,48,49);/q;+1/p-1/t11?,12-,13?,14-,15?,16?,17?,18?,19+,20+,21?,22?,23+,24+,25+,26+,27+,28-,29-,30-;/m0./s1. The second kappa shape index (κ2) is 22.3. The van der Waals surface area contributed by atoms with Gasteiger partial charge in [0.25, 0.3) is 0 Å². The van der Waals surface area contributed by atoms with Crippen LogP contribution in [0.25, 0.3) is 0 Å². The van der Waals surface area contributed by atoms with Crippen molar-refractivity contribution in [1.82, 2.24) is 16.0 Å². The second-order valence-corrected chi connectivity index (χ2v) is 15.0. The van der Waals surface area contributed by atoms with Gasteiger partial charge in [0.15, 0.2) is 25.2 Å². The van der Waals surface area contributed by atoms with Crippen LogP contribution in [-0.4, -0.2) is 226 Å². The third kappa shape index (κ3) is 12.8. The number of hydrogen-bond acceptors (Lipinski definition) is 24. The van der Waals surface area contributed by atoms with E-state index < -0.39 is 177 Å². The van der Waals surface area contributed by atoms with E-state index in [0.29, 0.717) is 0 Å². The Morgan fingerprint density at radius 3 is 1.37 bits per heavy atom. The first-order valence-electron chi connectivity index (χ1n) is 17.8. The Hall–Kier alpha value is -1.40. The minimum absolute atomic E-state index is 0. The van der Waals surface area contributed by atoms with Crippen molar-refractivity contribution < 1.29 is 140 Å². The van der Waals surface area contributed by atoms with Crippen LogP contribution in [0.15, 0.2) is 0 Å². The number of ether oxygens (including phenoxy) is 7. The number of aliphatic hydroxyl groups is 9. The van der Waals surface area contributed by atoms with Gasteiger partial charge in [-0.15, -0.1) is 0 Å². The molecular weight excluding hydrogens is 839 g/mol. The molecule has 0 aromatic rings. The number of nitrogens with one attached hydrogen (secondary N) is 3.